The van der Waals surface area contributed by atoms with Crippen molar-refractivity contribution < 1.29 is 4.74 Å². The third-order valence-electron chi connectivity index (χ3n) is 15.8. The molecule has 67 heavy (non-hydrogen) atoms. The summed E-state index contributed by atoms with van der Waals surface area (Å²) in [4.78, 5) is 2.63. The minimum Gasteiger partial charge on any atom is -0.458 e. The van der Waals surface area contributed by atoms with Crippen LogP contribution < -0.4 is 26.0 Å². The molecule has 1 unspecified atom stereocenters. The van der Waals surface area contributed by atoms with Gasteiger partial charge < -0.3 is 9.64 Å². The van der Waals surface area contributed by atoms with Crippen molar-refractivity contribution in [2.75, 3.05) is 4.90 Å². The summed E-state index contributed by atoms with van der Waals surface area (Å²) in [6, 6.07) is 36.9. The van der Waals surface area contributed by atoms with Crippen LogP contribution in [0.3, 0.4) is 0 Å². The van der Waals surface area contributed by atoms with Gasteiger partial charge in [-0.2, -0.15) is 0 Å². The second-order valence-electron chi connectivity index (χ2n) is 27.1. The van der Waals surface area contributed by atoms with Gasteiger partial charge in [-0.15, -0.1) is 0 Å². The van der Waals surface area contributed by atoms with E-state index >= 15 is 0 Å². The molecule has 1 atom stereocenters. The molecule has 10 rings (SSSR count). The second kappa shape index (κ2) is 14.7. The predicted octanol–water partition coefficient (Wildman–Crippen LogP) is 15.9. The summed E-state index contributed by atoms with van der Waals surface area (Å²) in [7, 11) is 0. The molecule has 2 nitrogen and oxygen atoms in total. The maximum atomic E-state index is 7.70. The van der Waals surface area contributed by atoms with Crippen molar-refractivity contribution in [1.82, 2.24) is 0 Å². The maximum absolute atomic E-state index is 7.70. The van der Waals surface area contributed by atoms with Gasteiger partial charge in [-0.05, 0) is 160 Å². The largest absolute Gasteiger partial charge is 0.458 e. The van der Waals surface area contributed by atoms with Crippen LogP contribution in [0.4, 0.5) is 17.1 Å². The summed E-state index contributed by atoms with van der Waals surface area (Å²) in [5.41, 5.74) is 25.4. The summed E-state index contributed by atoms with van der Waals surface area (Å²) in [5.74, 6) is 2.36. The highest BCUT2D eigenvalue weighted by Gasteiger charge is 2.48. The van der Waals surface area contributed by atoms with Crippen LogP contribution in [0.15, 0.2) is 91.0 Å². The van der Waals surface area contributed by atoms with Crippen LogP contribution in [0.1, 0.15) is 187 Å². The van der Waals surface area contributed by atoms with Crippen molar-refractivity contribution in [3.63, 3.8) is 0 Å². The summed E-state index contributed by atoms with van der Waals surface area (Å²) < 4.78 is 7.70. The molecule has 0 N–H and O–H groups in total. The Morgan fingerprint density at radius 3 is 1.67 bits per heavy atom. The predicted molar refractivity (Wildman–Crippen MR) is 290 cm³/mol. The van der Waals surface area contributed by atoms with Crippen molar-refractivity contribution >= 4 is 40.2 Å². The monoisotopic (exact) mass is 886 g/mol. The Morgan fingerprint density at radius 2 is 1.07 bits per heavy atom. The van der Waals surface area contributed by atoms with E-state index in [-0.39, 0.29) is 39.2 Å². The Labute approximate surface area is 405 Å². The molecular weight excluding hydrogens is 810 g/mol. The normalized spacial score (nSPS) is 16.5. The molecule has 0 radical (unpaired) electrons. The van der Waals surface area contributed by atoms with Gasteiger partial charge in [-0.3, -0.25) is 0 Å². The van der Waals surface area contributed by atoms with E-state index in [9.17, 15) is 0 Å². The molecule has 0 bridgehead atoms. The van der Waals surface area contributed by atoms with E-state index in [1.165, 1.54) is 108 Å². The fourth-order valence-corrected chi connectivity index (χ4v) is 11.9. The van der Waals surface area contributed by atoms with Gasteiger partial charge in [0, 0.05) is 28.4 Å². The van der Waals surface area contributed by atoms with Gasteiger partial charge in [0.1, 0.15) is 11.5 Å². The van der Waals surface area contributed by atoms with E-state index < -0.39 is 0 Å². The Bertz CT molecular complexity index is 3000. The fourth-order valence-electron chi connectivity index (χ4n) is 11.9. The summed E-state index contributed by atoms with van der Waals surface area (Å²) >= 11 is 0. The number of rotatable bonds is 2. The number of benzene rings is 6. The molecular formula is C64H76BNO. The molecule has 6 aromatic carbocycles. The van der Waals surface area contributed by atoms with Crippen LogP contribution in [0.5, 0.6) is 11.5 Å². The maximum Gasteiger partial charge on any atom is 0.256 e. The molecule has 2 aliphatic carbocycles. The fraction of sp³-hybridized carbons (Fsp3) is 0.438. The first-order chi connectivity index (χ1) is 31.0. The van der Waals surface area contributed by atoms with E-state index in [1.807, 2.05) is 0 Å². The third-order valence-corrected chi connectivity index (χ3v) is 15.8. The van der Waals surface area contributed by atoms with Crippen LogP contribution in [0, 0.1) is 5.41 Å². The lowest BCUT2D eigenvalue weighted by molar-refractivity contribution is 0.362. The lowest BCUT2D eigenvalue weighted by Gasteiger charge is -2.43. The number of hydrogen-bond acceptors (Lipinski definition) is 2. The summed E-state index contributed by atoms with van der Waals surface area (Å²) in [5, 5.41) is 0. The smallest absolute Gasteiger partial charge is 0.256 e. The minimum absolute atomic E-state index is 0.0119. The second-order valence-corrected chi connectivity index (χ2v) is 27.1. The summed E-state index contributed by atoms with van der Waals surface area (Å²) in [6.45, 7) is 42.6. The van der Waals surface area contributed by atoms with Crippen LogP contribution >= 0.6 is 0 Å². The Kier molecular flexibility index (Phi) is 10.1. The van der Waals surface area contributed by atoms with Gasteiger partial charge in [-0.1, -0.05) is 185 Å². The molecule has 6 aromatic rings. The number of anilines is 3. The van der Waals surface area contributed by atoms with Gasteiger partial charge in [0.15, 0.2) is 0 Å². The SMILES string of the molecule is CC(C)(C)c1cc(-c2cc(C(C)(C)C)ccc2N2c3ccc(C(C)(C)C)cc3B3c4ccc5c(c4Oc4cc(C(C)(C)C)cc2c43)-c2ccc3c(c2C5C(C)(C)C)CCC3)cc(C(C)(C)C)c1. The molecule has 346 valence electrons. The van der Waals surface area contributed by atoms with E-state index in [0.717, 1.165) is 11.5 Å². The molecule has 0 spiro atoms. The van der Waals surface area contributed by atoms with Crippen molar-refractivity contribution in [2.45, 2.75) is 177 Å². The Balaban J connectivity index is 1.30. The highest BCUT2D eigenvalue weighted by molar-refractivity contribution is 6.99. The minimum atomic E-state index is -0.128. The standard InChI is InChI=1S/C64H76BNO/c1-59(2,3)39-23-28-50(47(33-39)38-30-41(61(7,8)9)32-42(31-38)62(10,11)12)66-51-29-24-40(60(4,5)6)34-49(51)65-48-27-26-46-55(58(48)67-53-36-43(63(13,14)15)35-52(66)57(53)65)45-25-22-37-20-19-21-44(37)54(45)56(46)64(16,17)18/h22-36,56H,19-21H2,1-18H3. The van der Waals surface area contributed by atoms with Crippen molar-refractivity contribution in [3.05, 3.63) is 141 Å². The quantitative estimate of drug-likeness (QED) is 0.160. The van der Waals surface area contributed by atoms with Gasteiger partial charge >= 0.3 is 0 Å². The first-order valence-corrected chi connectivity index (χ1v) is 25.5. The highest BCUT2D eigenvalue weighted by Crippen LogP contribution is 2.59. The highest BCUT2D eigenvalue weighted by atomic mass is 16.5. The number of nitrogens with zero attached hydrogens (tertiary/aromatic N) is 1. The first-order valence-electron chi connectivity index (χ1n) is 25.5. The van der Waals surface area contributed by atoms with Crippen LogP contribution in [-0.4, -0.2) is 6.71 Å². The van der Waals surface area contributed by atoms with Gasteiger partial charge in [0.05, 0.1) is 5.69 Å². The Hall–Kier alpha value is -5.02. The molecule has 2 aliphatic heterocycles. The average Bonchev–Trinajstić information content (AvgIpc) is 3.84. The van der Waals surface area contributed by atoms with Crippen LogP contribution in [0.2, 0.25) is 0 Å². The lowest BCUT2D eigenvalue weighted by Crippen LogP contribution is -2.60. The zero-order valence-corrected chi connectivity index (χ0v) is 44.3. The van der Waals surface area contributed by atoms with Crippen molar-refractivity contribution in [1.29, 1.82) is 0 Å². The lowest BCUT2D eigenvalue weighted by atomic mass is 9.33. The molecule has 0 saturated heterocycles. The van der Waals surface area contributed by atoms with Gasteiger partial charge in [-0.25, -0.2) is 0 Å². The number of ether oxygens (including phenoxy) is 1. The molecule has 0 saturated carbocycles. The third kappa shape index (κ3) is 7.43. The average molecular weight is 886 g/mol. The molecule has 4 aliphatic rings. The molecule has 0 fully saturated rings. The van der Waals surface area contributed by atoms with E-state index in [0.29, 0.717) is 5.92 Å². The van der Waals surface area contributed by atoms with E-state index in [1.54, 1.807) is 16.7 Å². The van der Waals surface area contributed by atoms with Crippen molar-refractivity contribution in [2.24, 2.45) is 5.41 Å². The van der Waals surface area contributed by atoms with Crippen LogP contribution in [-0.2, 0) is 39.9 Å². The summed E-state index contributed by atoms with van der Waals surface area (Å²) in [6.07, 6.45) is 3.59. The topological polar surface area (TPSA) is 12.5 Å². The number of fused-ring (bicyclic) bond motifs is 10. The van der Waals surface area contributed by atoms with Gasteiger partial charge in [0.2, 0.25) is 0 Å². The van der Waals surface area contributed by atoms with E-state index in [2.05, 4.69) is 221 Å². The molecule has 0 amide bonds. The first kappa shape index (κ1) is 45.8. The Morgan fingerprint density at radius 1 is 0.493 bits per heavy atom. The molecule has 0 aromatic heterocycles. The zero-order chi connectivity index (χ0) is 48.3. The van der Waals surface area contributed by atoms with E-state index in [4.69, 9.17) is 4.74 Å². The van der Waals surface area contributed by atoms with Crippen molar-refractivity contribution in [3.8, 4) is 33.8 Å². The molecule has 3 heteroatoms. The van der Waals surface area contributed by atoms with Gasteiger partial charge in [0.25, 0.3) is 6.71 Å². The molecule has 2 heterocycles. The number of hydrogen-bond donors (Lipinski definition) is 0. The number of aryl methyl sites for hydroxylation is 1. The zero-order valence-electron chi connectivity index (χ0n) is 44.3. The van der Waals surface area contributed by atoms with Crippen LogP contribution in [0.25, 0.3) is 22.3 Å².